The van der Waals surface area contributed by atoms with E-state index in [2.05, 4.69) is 9.55 Å². The van der Waals surface area contributed by atoms with Crippen molar-refractivity contribution in [3.05, 3.63) is 65.9 Å². The summed E-state index contributed by atoms with van der Waals surface area (Å²) in [6.07, 6.45) is 4.96. The van der Waals surface area contributed by atoms with Crippen molar-refractivity contribution in [1.82, 2.24) is 9.55 Å². The zero-order valence-corrected chi connectivity index (χ0v) is 12.9. The Hall–Kier alpha value is -2.95. The smallest absolute Gasteiger partial charge is 0.338 e. The predicted octanol–water partition coefficient (Wildman–Crippen LogP) is 4.00. The third kappa shape index (κ3) is 2.21. The van der Waals surface area contributed by atoms with Gasteiger partial charge in [0.2, 0.25) is 0 Å². The number of halogens is 1. The van der Waals surface area contributed by atoms with E-state index >= 15 is 0 Å². The second-order valence-corrected chi connectivity index (χ2v) is 5.85. The molecule has 4 nitrogen and oxygen atoms in total. The zero-order chi connectivity index (χ0) is 16.7. The largest absolute Gasteiger partial charge is 0.478 e. The summed E-state index contributed by atoms with van der Waals surface area (Å²) in [6, 6.07) is 9.83. The summed E-state index contributed by atoms with van der Waals surface area (Å²) in [5.74, 6) is -1.24. The van der Waals surface area contributed by atoms with Crippen LogP contribution in [0.1, 0.15) is 22.5 Å². The molecule has 24 heavy (non-hydrogen) atoms. The van der Waals surface area contributed by atoms with E-state index in [1.165, 1.54) is 12.1 Å². The van der Waals surface area contributed by atoms with E-state index < -0.39 is 5.97 Å². The molecule has 0 radical (unpaired) electrons. The van der Waals surface area contributed by atoms with Crippen LogP contribution < -0.4 is 0 Å². The van der Waals surface area contributed by atoms with Crippen LogP contribution in [0.2, 0.25) is 0 Å². The molecule has 0 atom stereocenters. The molecule has 3 aromatic rings. The molecule has 0 saturated heterocycles. The predicted molar refractivity (Wildman–Crippen MR) is 88.3 cm³/mol. The molecule has 4 rings (SSSR count). The molecule has 0 saturated carbocycles. The number of pyridine rings is 1. The Balaban J connectivity index is 2.06. The lowest BCUT2D eigenvalue weighted by molar-refractivity contribution is 0.0696. The van der Waals surface area contributed by atoms with E-state index in [-0.39, 0.29) is 5.82 Å². The summed E-state index contributed by atoms with van der Waals surface area (Å²) in [4.78, 5) is 16.0. The number of aromatic carboxylic acids is 1. The Labute approximate surface area is 138 Å². The number of carboxylic acid groups (broad SMARTS) is 1. The average Bonchev–Trinajstić information content (AvgIpc) is 3.16. The molecule has 1 N–H and O–H groups in total. The first kappa shape index (κ1) is 14.6. The molecule has 3 heterocycles. The topological polar surface area (TPSA) is 55.1 Å². The molecule has 0 aliphatic carbocycles. The van der Waals surface area contributed by atoms with E-state index in [4.69, 9.17) is 0 Å². The summed E-state index contributed by atoms with van der Waals surface area (Å²) < 4.78 is 15.4. The van der Waals surface area contributed by atoms with Crippen LogP contribution in [-0.2, 0) is 13.0 Å². The number of carboxylic acids is 1. The zero-order valence-electron chi connectivity index (χ0n) is 12.9. The monoisotopic (exact) mass is 322 g/mol. The quantitative estimate of drug-likeness (QED) is 0.793. The maximum atomic E-state index is 13.3. The summed E-state index contributed by atoms with van der Waals surface area (Å²) >= 11 is 0. The van der Waals surface area contributed by atoms with Gasteiger partial charge in [0.25, 0.3) is 0 Å². The van der Waals surface area contributed by atoms with Gasteiger partial charge in [-0.3, -0.25) is 4.98 Å². The minimum absolute atomic E-state index is 0.309. The van der Waals surface area contributed by atoms with Gasteiger partial charge in [-0.2, -0.15) is 0 Å². The number of carbonyl (C=O) groups is 1. The first-order valence-electron chi connectivity index (χ1n) is 7.82. The molecule has 2 aromatic heterocycles. The molecule has 5 heteroatoms. The fraction of sp³-hybridized carbons (Fsp3) is 0.158. The van der Waals surface area contributed by atoms with Gasteiger partial charge in [0.15, 0.2) is 0 Å². The molecule has 0 fully saturated rings. The van der Waals surface area contributed by atoms with Crippen molar-refractivity contribution >= 4 is 5.97 Å². The first-order valence-corrected chi connectivity index (χ1v) is 7.82. The average molecular weight is 322 g/mol. The Morgan fingerprint density at radius 2 is 1.79 bits per heavy atom. The van der Waals surface area contributed by atoms with Crippen molar-refractivity contribution in [3.8, 4) is 22.4 Å². The Bertz CT molecular complexity index is 915. The normalized spacial score (nSPS) is 13.0. The maximum absolute atomic E-state index is 13.3. The second kappa shape index (κ2) is 5.60. The van der Waals surface area contributed by atoms with Gasteiger partial charge in [-0.15, -0.1) is 0 Å². The molecular weight excluding hydrogens is 307 g/mol. The molecule has 120 valence electrons. The Morgan fingerprint density at radius 1 is 1.08 bits per heavy atom. The van der Waals surface area contributed by atoms with Gasteiger partial charge in [0.1, 0.15) is 5.82 Å². The number of hydrogen-bond donors (Lipinski definition) is 1. The maximum Gasteiger partial charge on any atom is 0.338 e. The van der Waals surface area contributed by atoms with Crippen molar-refractivity contribution < 1.29 is 14.3 Å². The lowest BCUT2D eigenvalue weighted by Gasteiger charge is -2.10. The van der Waals surface area contributed by atoms with Crippen LogP contribution in [0.15, 0.2) is 48.8 Å². The van der Waals surface area contributed by atoms with E-state index in [0.717, 1.165) is 41.9 Å². The van der Waals surface area contributed by atoms with Crippen molar-refractivity contribution in [2.24, 2.45) is 0 Å². The number of rotatable bonds is 3. The molecular formula is C19H15FN2O2. The van der Waals surface area contributed by atoms with Gasteiger partial charge < -0.3 is 9.67 Å². The van der Waals surface area contributed by atoms with E-state index in [1.54, 1.807) is 24.5 Å². The van der Waals surface area contributed by atoms with E-state index in [1.807, 2.05) is 12.1 Å². The van der Waals surface area contributed by atoms with Crippen LogP contribution in [0.5, 0.6) is 0 Å². The highest BCUT2D eigenvalue weighted by atomic mass is 19.1. The van der Waals surface area contributed by atoms with Crippen LogP contribution in [0.25, 0.3) is 22.4 Å². The van der Waals surface area contributed by atoms with Crippen molar-refractivity contribution in [2.75, 3.05) is 0 Å². The van der Waals surface area contributed by atoms with E-state index in [9.17, 15) is 14.3 Å². The van der Waals surface area contributed by atoms with Gasteiger partial charge in [0.05, 0.1) is 11.3 Å². The van der Waals surface area contributed by atoms with Gasteiger partial charge >= 0.3 is 5.97 Å². The molecule has 0 amide bonds. The first-order chi connectivity index (χ1) is 11.7. The fourth-order valence-corrected chi connectivity index (χ4v) is 3.52. The van der Waals surface area contributed by atoms with Crippen LogP contribution in [0, 0.1) is 5.82 Å². The standard InChI is InChI=1S/C19H15FN2O2/c20-14-5-3-13(4-6-14)18-16(12-7-9-21-10-8-12)17(19(23)24)15-2-1-11-22(15)18/h3-10H,1-2,11H2,(H,23,24). The van der Waals surface area contributed by atoms with Gasteiger partial charge in [-0.25, -0.2) is 9.18 Å². The summed E-state index contributed by atoms with van der Waals surface area (Å²) in [5, 5.41) is 9.81. The summed E-state index contributed by atoms with van der Waals surface area (Å²) in [5.41, 5.74) is 4.34. The number of benzene rings is 1. The van der Waals surface area contributed by atoms with Crippen LogP contribution in [0.4, 0.5) is 4.39 Å². The molecule has 1 aromatic carbocycles. The number of nitrogens with zero attached hydrogens (tertiary/aromatic N) is 2. The highest BCUT2D eigenvalue weighted by molar-refractivity contribution is 6.03. The van der Waals surface area contributed by atoms with Crippen LogP contribution in [0.3, 0.4) is 0 Å². The van der Waals surface area contributed by atoms with Crippen molar-refractivity contribution in [2.45, 2.75) is 19.4 Å². The number of hydrogen-bond acceptors (Lipinski definition) is 2. The lowest BCUT2D eigenvalue weighted by atomic mass is 9.96. The molecule has 0 unspecified atom stereocenters. The fourth-order valence-electron chi connectivity index (χ4n) is 3.52. The third-order valence-corrected chi connectivity index (χ3v) is 4.47. The van der Waals surface area contributed by atoms with Crippen molar-refractivity contribution in [1.29, 1.82) is 0 Å². The minimum atomic E-state index is -0.930. The molecule has 0 spiro atoms. The number of fused-ring (bicyclic) bond motifs is 1. The third-order valence-electron chi connectivity index (χ3n) is 4.47. The highest BCUT2D eigenvalue weighted by Gasteiger charge is 2.30. The van der Waals surface area contributed by atoms with Gasteiger partial charge in [-0.05, 0) is 60.4 Å². The Morgan fingerprint density at radius 3 is 2.46 bits per heavy atom. The summed E-state index contributed by atoms with van der Waals surface area (Å²) in [7, 11) is 0. The molecule has 0 bridgehead atoms. The minimum Gasteiger partial charge on any atom is -0.478 e. The van der Waals surface area contributed by atoms with Crippen LogP contribution in [-0.4, -0.2) is 20.6 Å². The molecule has 1 aliphatic heterocycles. The van der Waals surface area contributed by atoms with Crippen molar-refractivity contribution in [3.63, 3.8) is 0 Å². The second-order valence-electron chi connectivity index (χ2n) is 5.85. The van der Waals surface area contributed by atoms with Gasteiger partial charge in [-0.1, -0.05) is 0 Å². The lowest BCUT2D eigenvalue weighted by Crippen LogP contribution is -2.01. The molecule has 1 aliphatic rings. The summed E-state index contributed by atoms with van der Waals surface area (Å²) in [6.45, 7) is 0.771. The van der Waals surface area contributed by atoms with Gasteiger partial charge in [0, 0.05) is 30.2 Å². The highest BCUT2D eigenvalue weighted by Crippen LogP contribution is 2.41. The van der Waals surface area contributed by atoms with Crippen LogP contribution >= 0.6 is 0 Å². The van der Waals surface area contributed by atoms with E-state index in [0.29, 0.717) is 11.1 Å². The number of aromatic nitrogens is 2. The SMILES string of the molecule is O=C(O)c1c(-c2ccncc2)c(-c2ccc(F)cc2)n2c1CCC2. The Kier molecular flexibility index (Phi) is 3.41.